The van der Waals surface area contributed by atoms with Crippen molar-refractivity contribution in [1.82, 2.24) is 5.32 Å². The lowest BCUT2D eigenvalue weighted by atomic mass is 10.1. The second-order valence-electron chi connectivity index (χ2n) is 4.27. The minimum atomic E-state index is -0.0370. The fourth-order valence-electron chi connectivity index (χ4n) is 1.92. The van der Waals surface area contributed by atoms with E-state index in [0.717, 1.165) is 18.2 Å². The number of benzene rings is 1. The molecule has 1 aliphatic rings. The molecule has 17 heavy (non-hydrogen) atoms. The molecule has 1 fully saturated rings. The molecule has 0 aliphatic carbocycles. The smallest absolute Gasteiger partial charge is 0.251 e. The predicted molar refractivity (Wildman–Crippen MR) is 73.8 cm³/mol. The van der Waals surface area contributed by atoms with Crippen LogP contribution in [0.3, 0.4) is 0 Å². The summed E-state index contributed by atoms with van der Waals surface area (Å²) in [4.78, 5) is 11.5. The number of nitrogens with one attached hydrogen (secondary N) is 2. The third-order valence-electron chi connectivity index (χ3n) is 2.97. The molecule has 1 aromatic rings. The molecule has 92 valence electrons. The fraction of sp³-hybridized carbons (Fsp3) is 0.462. The van der Waals surface area contributed by atoms with Gasteiger partial charge in [0.25, 0.3) is 5.91 Å². The number of anilines is 1. The van der Waals surface area contributed by atoms with Gasteiger partial charge in [-0.2, -0.15) is 11.8 Å². The zero-order chi connectivity index (χ0) is 12.1. The Morgan fingerprint density at radius 3 is 3.12 bits per heavy atom. The first-order valence-corrected chi connectivity index (χ1v) is 7.09. The number of carbonyl (C=O) groups is 1. The molecule has 1 aliphatic heterocycles. The van der Waals surface area contributed by atoms with Crippen molar-refractivity contribution in [2.45, 2.75) is 6.42 Å². The summed E-state index contributed by atoms with van der Waals surface area (Å²) >= 11 is 2.02. The second kappa shape index (κ2) is 5.96. The third kappa shape index (κ3) is 3.40. The molecule has 1 atom stereocenters. The van der Waals surface area contributed by atoms with Crippen LogP contribution in [0.15, 0.2) is 24.3 Å². The van der Waals surface area contributed by atoms with Gasteiger partial charge in [0, 0.05) is 24.8 Å². The Bertz CT molecular complexity index is 389. The largest absolute Gasteiger partial charge is 0.385 e. The molecule has 0 radical (unpaired) electrons. The van der Waals surface area contributed by atoms with E-state index in [9.17, 15) is 4.79 Å². The minimum absolute atomic E-state index is 0.0370. The van der Waals surface area contributed by atoms with Gasteiger partial charge in [0.2, 0.25) is 0 Å². The van der Waals surface area contributed by atoms with Gasteiger partial charge in [-0.3, -0.25) is 4.79 Å². The van der Waals surface area contributed by atoms with Crippen LogP contribution in [-0.2, 0) is 0 Å². The van der Waals surface area contributed by atoms with Gasteiger partial charge in [-0.25, -0.2) is 0 Å². The maximum Gasteiger partial charge on any atom is 0.251 e. The Morgan fingerprint density at radius 2 is 2.41 bits per heavy atom. The van der Waals surface area contributed by atoms with Crippen molar-refractivity contribution in [2.75, 3.05) is 30.4 Å². The molecule has 4 heteroatoms. The van der Waals surface area contributed by atoms with E-state index in [-0.39, 0.29) is 5.91 Å². The lowest BCUT2D eigenvalue weighted by Crippen LogP contribution is -2.18. The number of rotatable bonds is 4. The Labute approximate surface area is 106 Å². The molecule has 0 aromatic heterocycles. The highest BCUT2D eigenvalue weighted by Gasteiger charge is 2.14. The highest BCUT2D eigenvalue weighted by atomic mass is 32.2. The van der Waals surface area contributed by atoms with Gasteiger partial charge in [-0.15, -0.1) is 0 Å². The molecule has 1 saturated heterocycles. The monoisotopic (exact) mass is 250 g/mol. The Morgan fingerprint density at radius 1 is 1.53 bits per heavy atom. The Hall–Kier alpha value is -1.16. The topological polar surface area (TPSA) is 41.1 Å². The van der Waals surface area contributed by atoms with E-state index in [1.165, 1.54) is 17.9 Å². The van der Waals surface area contributed by atoms with Crippen LogP contribution in [0.1, 0.15) is 16.8 Å². The summed E-state index contributed by atoms with van der Waals surface area (Å²) < 4.78 is 0. The first-order valence-electron chi connectivity index (χ1n) is 5.93. The zero-order valence-electron chi connectivity index (χ0n) is 10.0. The summed E-state index contributed by atoms with van der Waals surface area (Å²) in [5, 5.41) is 6.05. The van der Waals surface area contributed by atoms with Gasteiger partial charge < -0.3 is 10.6 Å². The van der Waals surface area contributed by atoms with Crippen molar-refractivity contribution < 1.29 is 4.79 Å². The van der Waals surface area contributed by atoms with Crippen LogP contribution >= 0.6 is 11.8 Å². The van der Waals surface area contributed by atoms with Crippen LogP contribution in [0.5, 0.6) is 0 Å². The number of amides is 1. The van der Waals surface area contributed by atoms with Crippen LogP contribution in [0.25, 0.3) is 0 Å². The summed E-state index contributed by atoms with van der Waals surface area (Å²) in [5.74, 6) is 3.26. The molecular weight excluding hydrogens is 232 g/mol. The van der Waals surface area contributed by atoms with E-state index in [0.29, 0.717) is 5.56 Å². The van der Waals surface area contributed by atoms with Gasteiger partial charge in [-0.05, 0) is 42.0 Å². The van der Waals surface area contributed by atoms with Crippen molar-refractivity contribution in [3.8, 4) is 0 Å². The van der Waals surface area contributed by atoms with Crippen molar-refractivity contribution in [3.63, 3.8) is 0 Å². The van der Waals surface area contributed by atoms with Gasteiger partial charge in [0.05, 0.1) is 0 Å². The van der Waals surface area contributed by atoms with Crippen molar-refractivity contribution in [3.05, 3.63) is 29.8 Å². The second-order valence-corrected chi connectivity index (χ2v) is 5.42. The standard InChI is InChI=1S/C13H18N2OS/c1-14-13(16)11-3-2-4-12(7-11)15-8-10-5-6-17-9-10/h2-4,7,10,15H,5-6,8-9H2,1H3,(H,14,16). The summed E-state index contributed by atoms with van der Waals surface area (Å²) in [6, 6.07) is 7.65. The van der Waals surface area contributed by atoms with Crippen LogP contribution in [-0.4, -0.2) is 31.0 Å². The third-order valence-corrected chi connectivity index (χ3v) is 4.20. The molecule has 2 rings (SSSR count). The van der Waals surface area contributed by atoms with Crippen LogP contribution in [0.2, 0.25) is 0 Å². The lowest BCUT2D eigenvalue weighted by Gasteiger charge is -2.11. The molecule has 3 nitrogen and oxygen atoms in total. The molecule has 0 bridgehead atoms. The van der Waals surface area contributed by atoms with Gasteiger partial charge in [0.15, 0.2) is 0 Å². The maximum atomic E-state index is 11.5. The molecule has 0 saturated carbocycles. The molecule has 1 heterocycles. The number of hydrogen-bond donors (Lipinski definition) is 2. The Kier molecular flexibility index (Phi) is 4.31. The number of carbonyl (C=O) groups excluding carboxylic acids is 1. The van der Waals surface area contributed by atoms with Crippen LogP contribution in [0.4, 0.5) is 5.69 Å². The highest BCUT2D eigenvalue weighted by molar-refractivity contribution is 7.99. The van der Waals surface area contributed by atoms with E-state index in [2.05, 4.69) is 10.6 Å². The van der Waals surface area contributed by atoms with Crippen LogP contribution in [0, 0.1) is 5.92 Å². The normalized spacial score (nSPS) is 19.0. The maximum absolute atomic E-state index is 11.5. The van der Waals surface area contributed by atoms with Gasteiger partial charge >= 0.3 is 0 Å². The fourth-order valence-corrected chi connectivity index (χ4v) is 3.21. The molecule has 1 aromatic carbocycles. The highest BCUT2D eigenvalue weighted by Crippen LogP contribution is 2.23. The first kappa shape index (κ1) is 12.3. The van der Waals surface area contributed by atoms with E-state index < -0.39 is 0 Å². The summed E-state index contributed by atoms with van der Waals surface area (Å²) in [6.07, 6.45) is 1.30. The lowest BCUT2D eigenvalue weighted by molar-refractivity contribution is 0.0963. The van der Waals surface area contributed by atoms with Gasteiger partial charge in [-0.1, -0.05) is 6.07 Å². The first-order chi connectivity index (χ1) is 8.29. The molecule has 2 N–H and O–H groups in total. The van der Waals surface area contributed by atoms with Gasteiger partial charge in [0.1, 0.15) is 0 Å². The molecule has 1 unspecified atom stereocenters. The van der Waals surface area contributed by atoms with E-state index in [1.807, 2.05) is 36.0 Å². The molecular formula is C13H18N2OS. The average Bonchev–Trinajstić information content (AvgIpc) is 2.89. The minimum Gasteiger partial charge on any atom is -0.385 e. The van der Waals surface area contributed by atoms with Crippen molar-refractivity contribution in [1.29, 1.82) is 0 Å². The quantitative estimate of drug-likeness (QED) is 0.861. The van der Waals surface area contributed by atoms with E-state index in [4.69, 9.17) is 0 Å². The summed E-state index contributed by atoms with van der Waals surface area (Å²) in [5.41, 5.74) is 1.74. The van der Waals surface area contributed by atoms with Crippen molar-refractivity contribution in [2.24, 2.45) is 5.92 Å². The summed E-state index contributed by atoms with van der Waals surface area (Å²) in [6.45, 7) is 1.00. The van der Waals surface area contributed by atoms with Crippen LogP contribution < -0.4 is 10.6 Å². The molecule has 1 amide bonds. The summed E-state index contributed by atoms with van der Waals surface area (Å²) in [7, 11) is 1.65. The Balaban J connectivity index is 1.93. The van der Waals surface area contributed by atoms with Crippen molar-refractivity contribution >= 4 is 23.4 Å². The number of hydrogen-bond acceptors (Lipinski definition) is 3. The average molecular weight is 250 g/mol. The van der Waals surface area contributed by atoms with E-state index >= 15 is 0 Å². The predicted octanol–water partition coefficient (Wildman–Crippen LogP) is 2.21. The SMILES string of the molecule is CNC(=O)c1cccc(NCC2CCSC2)c1. The van der Waals surface area contributed by atoms with E-state index in [1.54, 1.807) is 7.05 Å². The molecule has 0 spiro atoms. The number of thioether (sulfide) groups is 1. The zero-order valence-corrected chi connectivity index (χ0v) is 10.8.